The second-order valence-electron chi connectivity index (χ2n) is 3.52. The van der Waals surface area contributed by atoms with Crippen LogP contribution in [0.25, 0.3) is 0 Å². The third kappa shape index (κ3) is 12.8. The van der Waals surface area contributed by atoms with Crippen LogP contribution >= 0.6 is 0 Å². The number of hydrogen-bond donors (Lipinski definition) is 1. The maximum Gasteiger partial charge on any atom is 0.315 e. The van der Waals surface area contributed by atoms with Crippen LogP contribution in [0.3, 0.4) is 0 Å². The van der Waals surface area contributed by atoms with Crippen molar-refractivity contribution in [3.63, 3.8) is 0 Å². The summed E-state index contributed by atoms with van der Waals surface area (Å²) in [6.45, 7) is 3.68. The van der Waals surface area contributed by atoms with Gasteiger partial charge in [-0.2, -0.15) is 0 Å². The molecule has 0 saturated heterocycles. The van der Waals surface area contributed by atoms with Gasteiger partial charge in [0.05, 0.1) is 0 Å². The highest BCUT2D eigenvalue weighted by atomic mass is 16.4. The van der Waals surface area contributed by atoms with E-state index in [0.29, 0.717) is 0 Å². The predicted octanol–water partition coefficient (Wildman–Crippen LogP) is 3.38. The minimum absolute atomic E-state index is 0.0284. The molecule has 0 aliphatic rings. The van der Waals surface area contributed by atoms with Gasteiger partial charge in [-0.15, -0.1) is 12.5 Å². The molecule has 0 rings (SSSR count). The van der Waals surface area contributed by atoms with Gasteiger partial charge in [0.1, 0.15) is 6.42 Å². The zero-order chi connectivity index (χ0) is 11.4. The molecular weight excluding hydrogens is 188 g/mol. The average Bonchev–Trinajstić information content (AvgIpc) is 2.20. The lowest BCUT2D eigenvalue weighted by atomic mass is 10.1. The van der Waals surface area contributed by atoms with Crippen LogP contribution in [-0.4, -0.2) is 11.1 Å². The lowest BCUT2D eigenvalue weighted by Gasteiger charge is -1.96. The van der Waals surface area contributed by atoms with Crippen molar-refractivity contribution in [3.8, 4) is 11.8 Å². The molecule has 15 heavy (non-hydrogen) atoms. The number of carboxylic acids is 1. The van der Waals surface area contributed by atoms with E-state index in [2.05, 4.69) is 18.4 Å². The smallest absolute Gasteiger partial charge is 0.315 e. The van der Waals surface area contributed by atoms with Crippen molar-refractivity contribution in [1.29, 1.82) is 0 Å². The largest absolute Gasteiger partial charge is 0.481 e. The summed E-state index contributed by atoms with van der Waals surface area (Å²) in [6, 6.07) is 0. The van der Waals surface area contributed by atoms with Crippen LogP contribution in [-0.2, 0) is 4.79 Å². The van der Waals surface area contributed by atoms with E-state index in [1.54, 1.807) is 0 Å². The van der Waals surface area contributed by atoms with Crippen LogP contribution in [0.2, 0.25) is 0 Å². The zero-order valence-electron chi connectivity index (χ0n) is 9.30. The first-order valence-corrected chi connectivity index (χ1v) is 5.55. The van der Waals surface area contributed by atoms with Gasteiger partial charge in [-0.1, -0.05) is 31.3 Å². The van der Waals surface area contributed by atoms with E-state index in [-0.39, 0.29) is 6.42 Å². The van der Waals surface area contributed by atoms with Gasteiger partial charge in [-0.3, -0.25) is 4.79 Å². The Labute approximate surface area is 92.4 Å². The molecule has 0 heterocycles. The number of rotatable bonds is 8. The number of allylic oxidation sites excluding steroid dienone is 1. The first-order chi connectivity index (χ1) is 7.27. The monoisotopic (exact) mass is 208 g/mol. The van der Waals surface area contributed by atoms with Crippen molar-refractivity contribution in [1.82, 2.24) is 0 Å². The summed E-state index contributed by atoms with van der Waals surface area (Å²) in [7, 11) is 0. The summed E-state index contributed by atoms with van der Waals surface area (Å²) >= 11 is 0. The second kappa shape index (κ2) is 10.8. The topological polar surface area (TPSA) is 37.3 Å². The minimum atomic E-state index is -0.841. The summed E-state index contributed by atoms with van der Waals surface area (Å²) in [5, 5.41) is 8.33. The van der Waals surface area contributed by atoms with Gasteiger partial charge < -0.3 is 5.11 Å². The highest BCUT2D eigenvalue weighted by Crippen LogP contribution is 2.06. The number of aliphatic carboxylic acids is 1. The highest BCUT2D eigenvalue weighted by Gasteiger charge is 1.89. The van der Waals surface area contributed by atoms with E-state index in [9.17, 15) is 4.79 Å². The van der Waals surface area contributed by atoms with Crippen molar-refractivity contribution >= 4 is 5.97 Å². The number of unbranched alkanes of at least 4 members (excludes halogenated alkanes) is 6. The van der Waals surface area contributed by atoms with Crippen molar-refractivity contribution in [2.45, 2.75) is 51.4 Å². The third-order valence-electron chi connectivity index (χ3n) is 2.07. The average molecular weight is 208 g/mol. The van der Waals surface area contributed by atoms with E-state index >= 15 is 0 Å². The first-order valence-electron chi connectivity index (χ1n) is 5.55. The molecule has 0 aliphatic heterocycles. The SMILES string of the molecule is C=CCCCCCCCC#CCC(=O)O. The Bertz CT molecular complexity index is 233. The number of carboxylic acid groups (broad SMARTS) is 1. The Morgan fingerprint density at radius 2 is 1.80 bits per heavy atom. The van der Waals surface area contributed by atoms with Crippen LogP contribution in [0, 0.1) is 11.8 Å². The Morgan fingerprint density at radius 3 is 2.47 bits per heavy atom. The van der Waals surface area contributed by atoms with Crippen molar-refractivity contribution in [2.24, 2.45) is 0 Å². The molecule has 0 saturated carbocycles. The van der Waals surface area contributed by atoms with Gasteiger partial charge in [0.25, 0.3) is 0 Å². The molecule has 0 spiro atoms. The van der Waals surface area contributed by atoms with Crippen LogP contribution < -0.4 is 0 Å². The molecular formula is C13H20O2. The molecule has 0 atom stereocenters. The number of carbonyl (C=O) groups is 1. The van der Waals surface area contributed by atoms with Crippen molar-refractivity contribution in [3.05, 3.63) is 12.7 Å². The predicted molar refractivity (Wildman–Crippen MR) is 62.5 cm³/mol. The maximum atomic E-state index is 10.1. The Balaban J connectivity index is 3.12. The normalized spacial score (nSPS) is 9.07. The zero-order valence-corrected chi connectivity index (χ0v) is 9.30. The fourth-order valence-electron chi connectivity index (χ4n) is 1.26. The summed E-state index contributed by atoms with van der Waals surface area (Å²) in [4.78, 5) is 10.1. The molecule has 1 N–H and O–H groups in total. The first kappa shape index (κ1) is 13.8. The highest BCUT2D eigenvalue weighted by molar-refractivity contribution is 5.69. The third-order valence-corrected chi connectivity index (χ3v) is 2.07. The summed E-state index contributed by atoms with van der Waals surface area (Å²) in [6.07, 6.45) is 9.88. The standard InChI is InChI=1S/C13H20O2/c1-2-3-4-5-6-7-8-9-10-11-12-13(14)15/h2H,1,3-9,12H2,(H,14,15). The van der Waals surface area contributed by atoms with E-state index in [4.69, 9.17) is 5.11 Å². The molecule has 0 aromatic rings. The van der Waals surface area contributed by atoms with E-state index in [0.717, 1.165) is 19.3 Å². The molecule has 0 fully saturated rings. The summed E-state index contributed by atoms with van der Waals surface area (Å²) in [5.41, 5.74) is 0. The van der Waals surface area contributed by atoms with E-state index in [1.165, 1.54) is 25.7 Å². The lowest BCUT2D eigenvalue weighted by Crippen LogP contribution is -1.89. The molecule has 2 heteroatoms. The molecule has 0 aliphatic carbocycles. The Hall–Kier alpha value is -1.23. The van der Waals surface area contributed by atoms with Gasteiger partial charge in [-0.05, 0) is 19.3 Å². The van der Waals surface area contributed by atoms with E-state index < -0.39 is 5.97 Å². The van der Waals surface area contributed by atoms with Crippen molar-refractivity contribution in [2.75, 3.05) is 0 Å². The lowest BCUT2D eigenvalue weighted by molar-refractivity contribution is -0.135. The van der Waals surface area contributed by atoms with Crippen LogP contribution in [0.15, 0.2) is 12.7 Å². The van der Waals surface area contributed by atoms with Gasteiger partial charge >= 0.3 is 5.97 Å². The molecule has 0 aromatic carbocycles. The molecule has 84 valence electrons. The summed E-state index contributed by atoms with van der Waals surface area (Å²) < 4.78 is 0. The van der Waals surface area contributed by atoms with Gasteiger partial charge in [0, 0.05) is 6.42 Å². The maximum absolute atomic E-state index is 10.1. The van der Waals surface area contributed by atoms with Crippen LogP contribution in [0.5, 0.6) is 0 Å². The van der Waals surface area contributed by atoms with E-state index in [1.807, 2.05) is 6.08 Å². The molecule has 0 unspecified atom stereocenters. The Kier molecular flexibility index (Phi) is 9.96. The molecule has 0 bridgehead atoms. The van der Waals surface area contributed by atoms with Gasteiger partial charge in [0.2, 0.25) is 0 Å². The fraction of sp³-hybridized carbons (Fsp3) is 0.615. The summed E-state index contributed by atoms with van der Waals surface area (Å²) in [5.74, 6) is 4.66. The molecule has 0 radical (unpaired) electrons. The fourth-order valence-corrected chi connectivity index (χ4v) is 1.26. The number of hydrogen-bond acceptors (Lipinski definition) is 1. The molecule has 0 aromatic heterocycles. The molecule has 2 nitrogen and oxygen atoms in total. The minimum Gasteiger partial charge on any atom is -0.481 e. The molecule has 0 amide bonds. The van der Waals surface area contributed by atoms with Crippen LogP contribution in [0.4, 0.5) is 0 Å². The Morgan fingerprint density at radius 1 is 1.13 bits per heavy atom. The van der Waals surface area contributed by atoms with Crippen LogP contribution in [0.1, 0.15) is 51.4 Å². The van der Waals surface area contributed by atoms with Gasteiger partial charge in [0.15, 0.2) is 0 Å². The second-order valence-corrected chi connectivity index (χ2v) is 3.52. The van der Waals surface area contributed by atoms with Gasteiger partial charge in [-0.25, -0.2) is 0 Å². The van der Waals surface area contributed by atoms with Crippen molar-refractivity contribution < 1.29 is 9.90 Å². The quantitative estimate of drug-likeness (QED) is 0.377.